The van der Waals surface area contributed by atoms with Crippen LogP contribution in [0.3, 0.4) is 0 Å². The molecule has 0 saturated heterocycles. The molecule has 0 atom stereocenters. The average Bonchev–Trinajstić information content (AvgIpc) is 2.09. The minimum absolute atomic E-state index is 0.684. The Labute approximate surface area is 65.1 Å². The van der Waals surface area contributed by atoms with Gasteiger partial charge in [0.1, 0.15) is 0 Å². The van der Waals surface area contributed by atoms with Crippen molar-refractivity contribution >= 4 is 12.6 Å². The standard InChI is InChI=1S/C6H9BN2O2/c8-10-7(11-9)6-4-2-1-3-5-6/h1-5H,8-9H2. The Balaban J connectivity index is 2.74. The second-order valence-electron chi connectivity index (χ2n) is 2.01. The predicted octanol–water partition coefficient (Wildman–Crippen LogP) is -0.838. The topological polar surface area (TPSA) is 70.5 Å². The molecule has 4 N–H and O–H groups in total. The first-order chi connectivity index (χ1) is 5.38. The van der Waals surface area contributed by atoms with Crippen LogP contribution in [-0.2, 0) is 9.51 Å². The van der Waals surface area contributed by atoms with Crippen molar-refractivity contribution in [2.24, 2.45) is 11.8 Å². The highest BCUT2D eigenvalue weighted by Crippen LogP contribution is 1.86. The zero-order valence-electron chi connectivity index (χ0n) is 5.94. The monoisotopic (exact) mass is 152 g/mol. The molecule has 4 nitrogen and oxygen atoms in total. The Kier molecular flexibility index (Phi) is 3.06. The lowest BCUT2D eigenvalue weighted by Crippen LogP contribution is -2.41. The van der Waals surface area contributed by atoms with Crippen LogP contribution in [0.4, 0.5) is 0 Å². The van der Waals surface area contributed by atoms with Gasteiger partial charge in [-0.3, -0.25) is 0 Å². The van der Waals surface area contributed by atoms with Gasteiger partial charge in [-0.2, -0.15) is 0 Å². The number of hydrogen-bond acceptors (Lipinski definition) is 4. The summed E-state index contributed by atoms with van der Waals surface area (Å²) in [6.45, 7) is 0. The Morgan fingerprint density at radius 2 is 1.55 bits per heavy atom. The van der Waals surface area contributed by atoms with Crippen molar-refractivity contribution in [2.75, 3.05) is 0 Å². The zero-order valence-corrected chi connectivity index (χ0v) is 5.94. The summed E-state index contributed by atoms with van der Waals surface area (Å²) >= 11 is 0. The van der Waals surface area contributed by atoms with Crippen LogP contribution in [0.25, 0.3) is 0 Å². The third kappa shape index (κ3) is 2.02. The Bertz CT molecular complexity index is 203. The highest BCUT2D eigenvalue weighted by Gasteiger charge is 2.18. The van der Waals surface area contributed by atoms with E-state index in [4.69, 9.17) is 11.8 Å². The first kappa shape index (κ1) is 8.22. The molecular formula is C6H9BN2O2. The first-order valence-electron chi connectivity index (χ1n) is 3.14. The molecule has 0 aliphatic carbocycles. The van der Waals surface area contributed by atoms with Crippen LogP contribution >= 0.6 is 0 Å². The molecule has 0 bridgehead atoms. The van der Waals surface area contributed by atoms with Gasteiger partial charge in [0.25, 0.3) is 0 Å². The maximum absolute atomic E-state index is 4.91. The van der Waals surface area contributed by atoms with E-state index in [1.807, 2.05) is 30.3 Å². The maximum Gasteiger partial charge on any atom is 0.527 e. The van der Waals surface area contributed by atoms with E-state index in [2.05, 4.69) is 9.51 Å². The average molecular weight is 152 g/mol. The largest absolute Gasteiger partial charge is 0.527 e. The molecule has 0 amide bonds. The second kappa shape index (κ2) is 4.10. The minimum atomic E-state index is -0.684. The number of rotatable bonds is 3. The van der Waals surface area contributed by atoms with Crippen LogP contribution in [0.1, 0.15) is 0 Å². The predicted molar refractivity (Wildman–Crippen MR) is 42.4 cm³/mol. The Morgan fingerprint density at radius 3 is 2.00 bits per heavy atom. The summed E-state index contributed by atoms with van der Waals surface area (Å²) in [5.41, 5.74) is 0.789. The quantitative estimate of drug-likeness (QED) is 0.437. The van der Waals surface area contributed by atoms with Crippen LogP contribution < -0.4 is 17.3 Å². The molecule has 0 aromatic heterocycles. The SMILES string of the molecule is NOB(ON)c1ccccc1. The van der Waals surface area contributed by atoms with Gasteiger partial charge in [0.15, 0.2) is 0 Å². The molecule has 1 aromatic carbocycles. The fourth-order valence-corrected chi connectivity index (χ4v) is 0.799. The fourth-order valence-electron chi connectivity index (χ4n) is 0.799. The van der Waals surface area contributed by atoms with E-state index in [9.17, 15) is 0 Å². The van der Waals surface area contributed by atoms with Crippen LogP contribution in [0.15, 0.2) is 30.3 Å². The van der Waals surface area contributed by atoms with E-state index < -0.39 is 7.12 Å². The van der Waals surface area contributed by atoms with Gasteiger partial charge in [0.05, 0.1) is 0 Å². The van der Waals surface area contributed by atoms with Gasteiger partial charge in [-0.25, -0.2) is 11.8 Å². The van der Waals surface area contributed by atoms with E-state index in [0.29, 0.717) is 0 Å². The molecule has 1 rings (SSSR count). The minimum Gasteiger partial charge on any atom is -0.324 e. The summed E-state index contributed by atoms with van der Waals surface area (Å²) in [4.78, 5) is 0. The Hall–Kier alpha value is -0.875. The highest BCUT2D eigenvalue weighted by atomic mass is 16.7. The van der Waals surface area contributed by atoms with Crippen molar-refractivity contribution < 1.29 is 9.51 Å². The molecule has 0 aliphatic rings. The van der Waals surface area contributed by atoms with Crippen LogP contribution in [-0.4, -0.2) is 7.12 Å². The van der Waals surface area contributed by atoms with Gasteiger partial charge < -0.3 is 9.51 Å². The highest BCUT2D eigenvalue weighted by molar-refractivity contribution is 6.61. The lowest BCUT2D eigenvalue weighted by atomic mass is 9.80. The van der Waals surface area contributed by atoms with E-state index in [1.54, 1.807) is 0 Å². The van der Waals surface area contributed by atoms with E-state index in [-0.39, 0.29) is 0 Å². The molecule has 0 aliphatic heterocycles. The van der Waals surface area contributed by atoms with Crippen molar-refractivity contribution in [3.05, 3.63) is 30.3 Å². The van der Waals surface area contributed by atoms with E-state index >= 15 is 0 Å². The third-order valence-electron chi connectivity index (χ3n) is 1.32. The summed E-state index contributed by atoms with van der Waals surface area (Å²) in [6.07, 6.45) is 0. The van der Waals surface area contributed by atoms with Gasteiger partial charge in [-0.1, -0.05) is 30.3 Å². The van der Waals surface area contributed by atoms with Gasteiger partial charge >= 0.3 is 7.12 Å². The van der Waals surface area contributed by atoms with Crippen molar-refractivity contribution in [1.29, 1.82) is 0 Å². The van der Waals surface area contributed by atoms with Gasteiger partial charge in [-0.15, -0.1) is 0 Å². The van der Waals surface area contributed by atoms with Gasteiger partial charge in [0.2, 0.25) is 0 Å². The van der Waals surface area contributed by atoms with Gasteiger partial charge in [0, 0.05) is 0 Å². The molecule has 0 unspecified atom stereocenters. The molecule has 5 heteroatoms. The first-order valence-corrected chi connectivity index (χ1v) is 3.14. The summed E-state index contributed by atoms with van der Waals surface area (Å²) in [5.74, 6) is 9.82. The lowest BCUT2D eigenvalue weighted by molar-refractivity contribution is 0.215. The van der Waals surface area contributed by atoms with Crippen molar-refractivity contribution in [3.63, 3.8) is 0 Å². The van der Waals surface area contributed by atoms with Crippen LogP contribution in [0.5, 0.6) is 0 Å². The number of benzene rings is 1. The smallest absolute Gasteiger partial charge is 0.324 e. The lowest BCUT2D eigenvalue weighted by Gasteiger charge is -2.05. The van der Waals surface area contributed by atoms with E-state index in [0.717, 1.165) is 5.46 Å². The molecule has 1 aromatic rings. The molecule has 0 radical (unpaired) electrons. The van der Waals surface area contributed by atoms with Crippen molar-refractivity contribution in [1.82, 2.24) is 0 Å². The third-order valence-corrected chi connectivity index (χ3v) is 1.32. The molecule has 0 spiro atoms. The summed E-state index contributed by atoms with van der Waals surface area (Å²) < 4.78 is 8.88. The molecule has 0 saturated carbocycles. The molecule has 0 fully saturated rings. The molecule has 58 valence electrons. The fraction of sp³-hybridized carbons (Fsp3) is 0. The normalized spacial score (nSPS) is 9.64. The molecule has 0 heterocycles. The molecule has 11 heavy (non-hydrogen) atoms. The van der Waals surface area contributed by atoms with Gasteiger partial charge in [-0.05, 0) is 5.46 Å². The summed E-state index contributed by atoms with van der Waals surface area (Å²) in [5, 5.41) is 0. The summed E-state index contributed by atoms with van der Waals surface area (Å²) in [7, 11) is -0.684. The van der Waals surface area contributed by atoms with Crippen LogP contribution in [0, 0.1) is 0 Å². The second-order valence-corrected chi connectivity index (χ2v) is 2.01. The number of nitrogens with two attached hydrogens (primary N) is 2. The van der Waals surface area contributed by atoms with Crippen molar-refractivity contribution in [2.45, 2.75) is 0 Å². The maximum atomic E-state index is 4.91. The Morgan fingerprint density at radius 1 is 1.00 bits per heavy atom. The van der Waals surface area contributed by atoms with Crippen molar-refractivity contribution in [3.8, 4) is 0 Å². The zero-order chi connectivity index (χ0) is 8.10. The number of hydrogen-bond donors (Lipinski definition) is 2. The van der Waals surface area contributed by atoms with E-state index in [1.165, 1.54) is 0 Å². The summed E-state index contributed by atoms with van der Waals surface area (Å²) in [6, 6.07) is 9.20. The molecular weight excluding hydrogens is 143 g/mol. The van der Waals surface area contributed by atoms with Crippen LogP contribution in [0.2, 0.25) is 0 Å².